The molecule has 2 aromatic heterocycles. The number of carbonyl (C=O) groups excluding carboxylic acids is 1. The van der Waals surface area contributed by atoms with Crippen molar-refractivity contribution in [3.8, 4) is 17.0 Å². The molecule has 8 nitrogen and oxygen atoms in total. The normalized spacial score (nSPS) is 17.3. The van der Waals surface area contributed by atoms with Gasteiger partial charge >= 0.3 is 6.18 Å². The highest BCUT2D eigenvalue weighted by Gasteiger charge is 2.39. The van der Waals surface area contributed by atoms with Gasteiger partial charge in [0.2, 0.25) is 0 Å². The molecule has 2 aromatic carbocycles. The Morgan fingerprint density at radius 2 is 1.82 bits per heavy atom. The van der Waals surface area contributed by atoms with Gasteiger partial charge in [-0.15, -0.1) is 0 Å². The van der Waals surface area contributed by atoms with Gasteiger partial charge in [0, 0.05) is 36.8 Å². The number of piperazine rings is 1. The molecule has 1 N–H and O–H groups in total. The second-order valence-corrected chi connectivity index (χ2v) is 9.91. The number of halogens is 3. The minimum Gasteiger partial charge on any atom is -0.497 e. The summed E-state index contributed by atoms with van der Waals surface area (Å²) in [6, 6.07) is 15.7. The Labute approximate surface area is 229 Å². The van der Waals surface area contributed by atoms with E-state index in [9.17, 15) is 23.1 Å². The van der Waals surface area contributed by atoms with Crippen molar-refractivity contribution in [2.24, 2.45) is 0 Å². The molecule has 1 aliphatic rings. The van der Waals surface area contributed by atoms with E-state index < -0.39 is 17.8 Å². The first-order valence-corrected chi connectivity index (χ1v) is 12.9. The van der Waals surface area contributed by atoms with E-state index in [1.165, 1.54) is 14.0 Å². The van der Waals surface area contributed by atoms with Gasteiger partial charge in [0.25, 0.3) is 5.91 Å². The van der Waals surface area contributed by atoms with Gasteiger partial charge in [-0.1, -0.05) is 30.3 Å². The molecular formula is C29H30F3N5O3. The molecular weight excluding hydrogens is 523 g/mol. The minimum atomic E-state index is -4.73. The first-order chi connectivity index (χ1) is 19.1. The lowest BCUT2D eigenvalue weighted by Gasteiger charge is -2.43. The third kappa shape index (κ3) is 5.02. The standard InChI is InChI=1S/C29H30F3N5O3/c1-18-16-35(24(17-38)20-7-5-4-6-8-20)13-14-36(18)28(39)23-15-33-37-26(29(30,31)32)19(2)25(34-27(23)37)21-9-11-22(40-3)12-10-21/h4-12,15,18,24,38H,13-14,16-17H2,1-3H3/t18-,24+/m1/s1. The molecule has 1 saturated heterocycles. The Bertz CT molecular complexity index is 1510. The quantitative estimate of drug-likeness (QED) is 0.376. The van der Waals surface area contributed by atoms with Crippen LogP contribution in [0.2, 0.25) is 0 Å². The number of hydrogen-bond acceptors (Lipinski definition) is 6. The molecule has 4 aromatic rings. The SMILES string of the molecule is COc1ccc(-c2nc3c(C(=O)N4CCN([C@@H](CO)c5ccccc5)C[C@H]4C)cnn3c(C(F)(F)F)c2C)cc1. The topological polar surface area (TPSA) is 83.2 Å². The highest BCUT2D eigenvalue weighted by molar-refractivity contribution is 6.00. The van der Waals surface area contributed by atoms with Crippen molar-refractivity contribution in [3.05, 3.63) is 83.2 Å². The van der Waals surface area contributed by atoms with E-state index in [0.29, 0.717) is 35.5 Å². The molecule has 1 aliphatic heterocycles. The molecule has 5 rings (SSSR count). The van der Waals surface area contributed by atoms with E-state index in [0.717, 1.165) is 11.8 Å². The van der Waals surface area contributed by atoms with E-state index in [1.54, 1.807) is 29.2 Å². The van der Waals surface area contributed by atoms with Crippen molar-refractivity contribution in [2.75, 3.05) is 33.4 Å². The number of nitrogens with zero attached hydrogens (tertiary/aromatic N) is 5. The van der Waals surface area contributed by atoms with Crippen molar-refractivity contribution in [2.45, 2.75) is 32.1 Å². The van der Waals surface area contributed by atoms with Gasteiger partial charge in [-0.2, -0.15) is 18.3 Å². The molecule has 0 radical (unpaired) electrons. The first kappa shape index (κ1) is 27.6. The third-order valence-corrected chi connectivity index (χ3v) is 7.46. The predicted molar refractivity (Wildman–Crippen MR) is 143 cm³/mol. The third-order valence-electron chi connectivity index (χ3n) is 7.46. The summed E-state index contributed by atoms with van der Waals surface area (Å²) in [5.74, 6) is 0.121. The second kappa shape index (κ2) is 10.9. The maximum absolute atomic E-state index is 14.3. The fourth-order valence-corrected chi connectivity index (χ4v) is 5.42. The predicted octanol–water partition coefficient (Wildman–Crippen LogP) is 4.61. The molecule has 2 atom stereocenters. The van der Waals surface area contributed by atoms with Gasteiger partial charge in [0.05, 0.1) is 31.6 Å². The van der Waals surface area contributed by atoms with Crippen LogP contribution in [0.3, 0.4) is 0 Å². The van der Waals surface area contributed by atoms with E-state index in [1.807, 2.05) is 37.3 Å². The maximum Gasteiger partial charge on any atom is 0.433 e. The molecule has 11 heteroatoms. The van der Waals surface area contributed by atoms with Crippen LogP contribution in [0.15, 0.2) is 60.8 Å². The molecule has 1 amide bonds. The number of ether oxygens (including phenoxy) is 1. The molecule has 0 spiro atoms. The van der Waals surface area contributed by atoms with Gasteiger partial charge in [-0.05, 0) is 43.7 Å². The highest BCUT2D eigenvalue weighted by Crippen LogP contribution is 2.37. The van der Waals surface area contributed by atoms with Crippen molar-refractivity contribution in [1.29, 1.82) is 0 Å². The van der Waals surface area contributed by atoms with Crippen molar-refractivity contribution in [3.63, 3.8) is 0 Å². The van der Waals surface area contributed by atoms with Crippen LogP contribution >= 0.6 is 0 Å². The fourth-order valence-electron chi connectivity index (χ4n) is 5.42. The number of carbonyl (C=O) groups is 1. The number of amides is 1. The van der Waals surface area contributed by atoms with Gasteiger partial charge < -0.3 is 14.7 Å². The Morgan fingerprint density at radius 1 is 1.12 bits per heavy atom. The summed E-state index contributed by atoms with van der Waals surface area (Å²) in [7, 11) is 1.50. The van der Waals surface area contributed by atoms with Crippen molar-refractivity contribution in [1.82, 2.24) is 24.4 Å². The average Bonchev–Trinajstić information content (AvgIpc) is 3.36. The first-order valence-electron chi connectivity index (χ1n) is 12.9. The lowest BCUT2D eigenvalue weighted by molar-refractivity contribution is -0.143. The lowest BCUT2D eigenvalue weighted by Crippen LogP contribution is -2.55. The number of aliphatic hydroxyl groups is 1. The van der Waals surface area contributed by atoms with Crippen molar-refractivity contribution >= 4 is 11.6 Å². The number of hydrogen-bond donors (Lipinski definition) is 1. The number of rotatable bonds is 6. The fraction of sp³-hybridized carbons (Fsp3) is 0.345. The summed E-state index contributed by atoms with van der Waals surface area (Å²) in [5.41, 5.74) is 0.333. The smallest absolute Gasteiger partial charge is 0.433 e. The molecule has 0 saturated carbocycles. The minimum absolute atomic E-state index is 0.00216. The largest absolute Gasteiger partial charge is 0.497 e. The zero-order valence-corrected chi connectivity index (χ0v) is 22.4. The number of aromatic nitrogens is 3. The monoisotopic (exact) mass is 553 g/mol. The van der Waals surface area contributed by atoms with Crippen LogP contribution in [-0.4, -0.2) is 74.8 Å². The van der Waals surface area contributed by atoms with Crippen LogP contribution in [0.25, 0.3) is 16.9 Å². The van der Waals surface area contributed by atoms with Crippen LogP contribution < -0.4 is 4.74 Å². The number of benzene rings is 2. The molecule has 1 fully saturated rings. The summed E-state index contributed by atoms with van der Waals surface area (Å²) in [4.78, 5) is 22.0. The summed E-state index contributed by atoms with van der Waals surface area (Å²) < 4.78 is 48.7. The molecule has 0 unspecified atom stereocenters. The van der Waals surface area contributed by atoms with Crippen molar-refractivity contribution < 1.29 is 27.8 Å². The van der Waals surface area contributed by atoms with Gasteiger partial charge in [-0.25, -0.2) is 9.50 Å². The Balaban J connectivity index is 1.49. The second-order valence-electron chi connectivity index (χ2n) is 9.91. The zero-order valence-electron chi connectivity index (χ0n) is 22.4. The molecule has 40 heavy (non-hydrogen) atoms. The molecule has 210 valence electrons. The summed E-state index contributed by atoms with van der Waals surface area (Å²) in [5, 5.41) is 14.1. The summed E-state index contributed by atoms with van der Waals surface area (Å²) >= 11 is 0. The van der Waals surface area contributed by atoms with E-state index in [-0.39, 0.29) is 41.2 Å². The van der Waals surface area contributed by atoms with Crippen LogP contribution in [0, 0.1) is 6.92 Å². The number of fused-ring (bicyclic) bond motifs is 1. The summed E-state index contributed by atoms with van der Waals surface area (Å²) in [6.07, 6.45) is -3.56. The van der Waals surface area contributed by atoms with Gasteiger partial charge in [-0.3, -0.25) is 9.69 Å². The molecule has 0 bridgehead atoms. The van der Waals surface area contributed by atoms with Gasteiger partial charge in [0.1, 0.15) is 11.3 Å². The zero-order chi connectivity index (χ0) is 28.6. The maximum atomic E-state index is 14.3. The number of alkyl halides is 3. The molecule has 3 heterocycles. The average molecular weight is 554 g/mol. The Hall–Kier alpha value is -3.96. The van der Waals surface area contributed by atoms with Gasteiger partial charge in [0.15, 0.2) is 11.3 Å². The number of aliphatic hydroxyl groups excluding tert-OH is 1. The Morgan fingerprint density at radius 3 is 2.42 bits per heavy atom. The lowest BCUT2D eigenvalue weighted by atomic mass is 10.0. The Kier molecular flexibility index (Phi) is 7.52. The van der Waals surface area contributed by atoms with E-state index in [2.05, 4.69) is 15.0 Å². The number of methoxy groups -OCH3 is 1. The van der Waals surface area contributed by atoms with E-state index in [4.69, 9.17) is 4.74 Å². The highest BCUT2D eigenvalue weighted by atomic mass is 19.4. The van der Waals surface area contributed by atoms with Crippen LogP contribution in [-0.2, 0) is 6.18 Å². The van der Waals surface area contributed by atoms with Crippen LogP contribution in [0.1, 0.15) is 40.1 Å². The van der Waals surface area contributed by atoms with E-state index >= 15 is 0 Å². The molecule has 0 aliphatic carbocycles. The van der Waals surface area contributed by atoms with Crippen LogP contribution in [0.4, 0.5) is 13.2 Å². The summed E-state index contributed by atoms with van der Waals surface area (Å²) in [6.45, 7) is 4.48. The van der Waals surface area contributed by atoms with Crippen LogP contribution in [0.5, 0.6) is 5.75 Å².